The van der Waals surface area contributed by atoms with Gasteiger partial charge in [0.05, 0.1) is 24.1 Å². The molecule has 0 aliphatic carbocycles. The molecule has 3 rings (SSSR count). The number of carbonyl (C=O) groups excluding carboxylic acids is 1. The molecule has 26 heavy (non-hydrogen) atoms. The van der Waals surface area contributed by atoms with Crippen molar-refractivity contribution in [3.63, 3.8) is 0 Å². The minimum Gasteiger partial charge on any atom is -0.383 e. The van der Waals surface area contributed by atoms with E-state index in [0.29, 0.717) is 30.2 Å². The molecule has 0 saturated carbocycles. The molecule has 0 fully saturated rings. The highest BCUT2D eigenvalue weighted by molar-refractivity contribution is 5.99. The van der Waals surface area contributed by atoms with Crippen LogP contribution in [-0.2, 0) is 4.74 Å². The Balaban J connectivity index is 2.12. The molecule has 0 bridgehead atoms. The highest BCUT2D eigenvalue weighted by Gasteiger charge is 2.17. The standard InChI is InChI=1S/C19H23N5O2/c1-4-23(8-9-26-3)17-11-15(18(20)25)19-21-16(12-24(19)22-17)14-7-5-6-13(2)10-14/h5-7,10-12H,4,8-9H2,1-3H3,(H2,20,25). The average molecular weight is 353 g/mol. The van der Waals surface area contributed by atoms with E-state index in [2.05, 4.69) is 10.1 Å². The van der Waals surface area contributed by atoms with Gasteiger partial charge < -0.3 is 15.4 Å². The molecule has 7 nitrogen and oxygen atoms in total. The van der Waals surface area contributed by atoms with Crippen LogP contribution in [0.2, 0.25) is 0 Å². The number of nitrogens with two attached hydrogens (primary N) is 1. The number of anilines is 1. The topological polar surface area (TPSA) is 85.8 Å². The molecule has 0 aliphatic rings. The lowest BCUT2D eigenvalue weighted by molar-refractivity contribution is 0.100. The Morgan fingerprint density at radius 3 is 2.81 bits per heavy atom. The van der Waals surface area contributed by atoms with Gasteiger partial charge in [0.2, 0.25) is 0 Å². The third kappa shape index (κ3) is 3.52. The number of carbonyl (C=O) groups is 1. The summed E-state index contributed by atoms with van der Waals surface area (Å²) in [5.74, 6) is 0.141. The van der Waals surface area contributed by atoms with Crippen LogP contribution in [0.4, 0.5) is 5.82 Å². The van der Waals surface area contributed by atoms with Crippen molar-refractivity contribution in [3.8, 4) is 11.3 Å². The van der Waals surface area contributed by atoms with Crippen LogP contribution in [0.15, 0.2) is 36.5 Å². The third-order valence-corrected chi connectivity index (χ3v) is 4.26. The smallest absolute Gasteiger partial charge is 0.252 e. The Bertz CT molecular complexity index is 935. The number of ether oxygens (including phenoxy) is 1. The van der Waals surface area contributed by atoms with Gasteiger partial charge in [0, 0.05) is 25.8 Å². The fourth-order valence-corrected chi connectivity index (χ4v) is 2.88. The van der Waals surface area contributed by atoms with E-state index in [9.17, 15) is 4.79 Å². The van der Waals surface area contributed by atoms with Gasteiger partial charge >= 0.3 is 0 Å². The number of amides is 1. The summed E-state index contributed by atoms with van der Waals surface area (Å²) in [6.45, 7) is 6.03. The molecule has 136 valence electrons. The van der Waals surface area contributed by atoms with Gasteiger partial charge in [0.25, 0.3) is 5.91 Å². The van der Waals surface area contributed by atoms with E-state index in [1.165, 1.54) is 0 Å². The largest absolute Gasteiger partial charge is 0.383 e. The number of benzene rings is 1. The monoisotopic (exact) mass is 353 g/mol. The van der Waals surface area contributed by atoms with Gasteiger partial charge in [-0.2, -0.15) is 0 Å². The molecule has 0 unspecified atom stereocenters. The van der Waals surface area contributed by atoms with Gasteiger partial charge in [-0.05, 0) is 26.0 Å². The number of hydrogen-bond donors (Lipinski definition) is 1. The van der Waals surface area contributed by atoms with Crippen LogP contribution in [0.3, 0.4) is 0 Å². The first-order valence-corrected chi connectivity index (χ1v) is 8.54. The Morgan fingerprint density at radius 1 is 1.35 bits per heavy atom. The van der Waals surface area contributed by atoms with E-state index >= 15 is 0 Å². The molecule has 1 aromatic carbocycles. The molecular formula is C19H23N5O2. The fraction of sp³-hybridized carbons (Fsp3) is 0.316. The van der Waals surface area contributed by atoms with Gasteiger partial charge in [-0.3, -0.25) is 4.79 Å². The van der Waals surface area contributed by atoms with Crippen LogP contribution in [0, 0.1) is 6.92 Å². The van der Waals surface area contributed by atoms with Crippen LogP contribution in [0.1, 0.15) is 22.8 Å². The molecule has 0 spiro atoms. The van der Waals surface area contributed by atoms with Crippen molar-refractivity contribution >= 4 is 17.4 Å². The van der Waals surface area contributed by atoms with Gasteiger partial charge in [0.15, 0.2) is 11.5 Å². The summed E-state index contributed by atoms with van der Waals surface area (Å²) in [5, 5.41) is 4.63. The van der Waals surface area contributed by atoms with E-state index in [1.54, 1.807) is 17.7 Å². The predicted octanol–water partition coefficient (Wildman–Crippen LogP) is 2.28. The molecule has 0 saturated heterocycles. The number of rotatable bonds is 7. The van der Waals surface area contributed by atoms with Crippen LogP contribution in [0.5, 0.6) is 0 Å². The van der Waals surface area contributed by atoms with Crippen molar-refractivity contribution in [1.29, 1.82) is 0 Å². The summed E-state index contributed by atoms with van der Waals surface area (Å²) < 4.78 is 6.78. The summed E-state index contributed by atoms with van der Waals surface area (Å²) in [4.78, 5) is 18.6. The zero-order valence-corrected chi connectivity index (χ0v) is 15.3. The quantitative estimate of drug-likeness (QED) is 0.704. The number of methoxy groups -OCH3 is 1. The SMILES string of the molecule is CCN(CCOC)c1cc(C(N)=O)c2nc(-c3cccc(C)c3)cn2n1. The van der Waals surface area contributed by atoms with Crippen LogP contribution in [0.25, 0.3) is 16.9 Å². The normalized spacial score (nSPS) is 11.0. The second-order valence-electron chi connectivity index (χ2n) is 6.12. The van der Waals surface area contributed by atoms with Gasteiger partial charge in [-0.15, -0.1) is 5.10 Å². The molecule has 2 heterocycles. The van der Waals surface area contributed by atoms with E-state index in [0.717, 1.165) is 23.4 Å². The molecule has 0 radical (unpaired) electrons. The molecular weight excluding hydrogens is 330 g/mol. The maximum absolute atomic E-state index is 12.0. The maximum Gasteiger partial charge on any atom is 0.252 e. The first-order chi connectivity index (χ1) is 12.5. The van der Waals surface area contributed by atoms with Crippen LogP contribution < -0.4 is 10.6 Å². The van der Waals surface area contributed by atoms with Gasteiger partial charge in [-0.25, -0.2) is 9.50 Å². The lowest BCUT2D eigenvalue weighted by Crippen LogP contribution is -2.29. The molecule has 2 aromatic heterocycles. The number of fused-ring (bicyclic) bond motifs is 1. The molecule has 2 N–H and O–H groups in total. The minimum absolute atomic E-state index is 0.352. The average Bonchev–Trinajstić information content (AvgIpc) is 3.05. The first kappa shape index (κ1) is 17.9. The Hall–Kier alpha value is -2.93. The zero-order valence-electron chi connectivity index (χ0n) is 15.3. The Labute approximate surface area is 152 Å². The van der Waals surface area contributed by atoms with E-state index < -0.39 is 5.91 Å². The summed E-state index contributed by atoms with van der Waals surface area (Å²) in [6.07, 6.45) is 1.82. The number of aromatic nitrogens is 3. The molecule has 7 heteroatoms. The van der Waals surface area contributed by atoms with E-state index in [-0.39, 0.29) is 0 Å². The third-order valence-electron chi connectivity index (χ3n) is 4.26. The van der Waals surface area contributed by atoms with Crippen molar-refractivity contribution in [1.82, 2.24) is 14.6 Å². The minimum atomic E-state index is -0.525. The van der Waals surface area contributed by atoms with Gasteiger partial charge in [0.1, 0.15) is 0 Å². The Morgan fingerprint density at radius 2 is 2.15 bits per heavy atom. The number of imidazole rings is 1. The number of hydrogen-bond acceptors (Lipinski definition) is 5. The highest BCUT2D eigenvalue weighted by Crippen LogP contribution is 2.23. The number of nitrogens with zero attached hydrogens (tertiary/aromatic N) is 4. The summed E-state index contributed by atoms with van der Waals surface area (Å²) in [5.41, 5.74) is 9.27. The zero-order chi connectivity index (χ0) is 18.7. The summed E-state index contributed by atoms with van der Waals surface area (Å²) in [7, 11) is 1.66. The van der Waals surface area contributed by atoms with Crippen molar-refractivity contribution in [2.75, 3.05) is 31.7 Å². The van der Waals surface area contributed by atoms with Crippen molar-refractivity contribution in [2.45, 2.75) is 13.8 Å². The summed E-state index contributed by atoms with van der Waals surface area (Å²) >= 11 is 0. The van der Waals surface area contributed by atoms with Crippen LogP contribution >= 0.6 is 0 Å². The van der Waals surface area contributed by atoms with Crippen molar-refractivity contribution in [3.05, 3.63) is 47.7 Å². The molecule has 0 atom stereocenters. The number of aryl methyl sites for hydroxylation is 1. The maximum atomic E-state index is 12.0. The van der Waals surface area contributed by atoms with E-state index in [4.69, 9.17) is 10.5 Å². The number of likely N-dealkylation sites (N-methyl/N-ethyl adjacent to an activating group) is 1. The first-order valence-electron chi connectivity index (χ1n) is 8.54. The summed E-state index contributed by atoms with van der Waals surface area (Å²) in [6, 6.07) is 9.73. The lowest BCUT2D eigenvalue weighted by Gasteiger charge is -2.21. The molecule has 1 amide bonds. The molecule has 0 aliphatic heterocycles. The second-order valence-corrected chi connectivity index (χ2v) is 6.12. The lowest BCUT2D eigenvalue weighted by atomic mass is 10.1. The van der Waals surface area contributed by atoms with Crippen molar-refractivity contribution < 1.29 is 9.53 Å². The van der Waals surface area contributed by atoms with E-state index in [1.807, 2.05) is 49.2 Å². The van der Waals surface area contributed by atoms with Crippen LogP contribution in [-0.4, -0.2) is 47.3 Å². The second kappa shape index (κ2) is 7.53. The highest BCUT2D eigenvalue weighted by atomic mass is 16.5. The predicted molar refractivity (Wildman–Crippen MR) is 101 cm³/mol. The number of primary amides is 1. The van der Waals surface area contributed by atoms with Crippen molar-refractivity contribution in [2.24, 2.45) is 5.73 Å². The van der Waals surface area contributed by atoms with Gasteiger partial charge in [-0.1, -0.05) is 23.8 Å². The fourth-order valence-electron chi connectivity index (χ4n) is 2.88. The Kier molecular flexibility index (Phi) is 5.18. The molecule has 3 aromatic rings.